The van der Waals surface area contributed by atoms with Crippen molar-refractivity contribution < 1.29 is 13.2 Å². The predicted octanol–water partition coefficient (Wildman–Crippen LogP) is 4.08. The van der Waals surface area contributed by atoms with Gasteiger partial charge in [-0.2, -0.15) is 4.31 Å². The number of nitrogens with zero attached hydrogens (tertiary/aromatic N) is 1. The Morgan fingerprint density at radius 1 is 1.11 bits per heavy atom. The Morgan fingerprint density at radius 2 is 1.85 bits per heavy atom. The second kappa shape index (κ2) is 8.29. The van der Waals surface area contributed by atoms with E-state index in [1.807, 2.05) is 25.1 Å². The van der Waals surface area contributed by atoms with Crippen molar-refractivity contribution >= 4 is 39.0 Å². The highest BCUT2D eigenvalue weighted by atomic mass is 35.5. The monoisotopic (exact) mass is 407 g/mol. The average molecular weight is 408 g/mol. The van der Waals surface area contributed by atoms with Crippen molar-refractivity contribution in [1.82, 2.24) is 4.31 Å². The fraction of sp³-hybridized carbons (Fsp3) is 0.316. The maximum absolute atomic E-state index is 12.3. The number of benzene rings is 2. The van der Waals surface area contributed by atoms with E-state index in [4.69, 9.17) is 11.6 Å². The standard InChI is InChI=1S/C19H22ClN3O3S/c1-2-10-27(25,26)23-9-8-14-6-7-18(11-15(14)13-23)22-19(24)21-17-5-3-4-16(20)12-17/h3-7,11-12H,2,8-10,13H2,1H3,(H2,21,22,24). The van der Waals surface area contributed by atoms with Gasteiger partial charge in [-0.1, -0.05) is 30.7 Å². The summed E-state index contributed by atoms with van der Waals surface area (Å²) in [4.78, 5) is 12.2. The second-order valence-corrected chi connectivity index (χ2v) is 9.00. The van der Waals surface area contributed by atoms with Gasteiger partial charge in [0.05, 0.1) is 5.75 Å². The molecular weight excluding hydrogens is 386 g/mol. The van der Waals surface area contributed by atoms with Crippen LogP contribution in [0.25, 0.3) is 0 Å². The molecule has 0 spiro atoms. The van der Waals surface area contributed by atoms with Crippen molar-refractivity contribution in [2.45, 2.75) is 26.3 Å². The summed E-state index contributed by atoms with van der Waals surface area (Å²) in [5.74, 6) is 0.155. The molecule has 1 heterocycles. The molecule has 2 aromatic rings. The number of fused-ring (bicyclic) bond motifs is 1. The topological polar surface area (TPSA) is 78.5 Å². The zero-order valence-electron chi connectivity index (χ0n) is 15.0. The largest absolute Gasteiger partial charge is 0.323 e. The summed E-state index contributed by atoms with van der Waals surface area (Å²) in [6, 6.07) is 12.1. The molecule has 0 atom stereocenters. The highest BCUT2D eigenvalue weighted by molar-refractivity contribution is 7.89. The number of hydrogen-bond acceptors (Lipinski definition) is 3. The third kappa shape index (κ3) is 5.00. The summed E-state index contributed by atoms with van der Waals surface area (Å²) < 4.78 is 26.2. The summed E-state index contributed by atoms with van der Waals surface area (Å²) in [6.45, 7) is 2.69. The van der Waals surface area contributed by atoms with E-state index >= 15 is 0 Å². The van der Waals surface area contributed by atoms with Crippen LogP contribution in [0.1, 0.15) is 24.5 Å². The molecule has 8 heteroatoms. The Kier molecular flexibility index (Phi) is 6.04. The van der Waals surface area contributed by atoms with Gasteiger partial charge >= 0.3 is 6.03 Å². The molecule has 3 rings (SSSR count). The van der Waals surface area contributed by atoms with Crippen LogP contribution in [0.2, 0.25) is 5.02 Å². The highest BCUT2D eigenvalue weighted by Crippen LogP contribution is 2.25. The first-order valence-corrected chi connectivity index (χ1v) is 10.8. The quantitative estimate of drug-likeness (QED) is 0.783. The number of carbonyl (C=O) groups is 1. The van der Waals surface area contributed by atoms with Gasteiger partial charge in [-0.15, -0.1) is 0 Å². The number of halogens is 1. The molecule has 2 N–H and O–H groups in total. The van der Waals surface area contributed by atoms with Gasteiger partial charge in [0.25, 0.3) is 0 Å². The zero-order valence-corrected chi connectivity index (χ0v) is 16.6. The number of rotatable bonds is 5. The first kappa shape index (κ1) is 19.7. The molecule has 0 bridgehead atoms. The van der Waals surface area contributed by atoms with Crippen LogP contribution in [0.5, 0.6) is 0 Å². The first-order valence-electron chi connectivity index (χ1n) is 8.80. The fourth-order valence-corrected chi connectivity index (χ4v) is 4.76. The van der Waals surface area contributed by atoms with Crippen LogP contribution in [-0.2, 0) is 23.0 Å². The van der Waals surface area contributed by atoms with Crippen LogP contribution in [0.15, 0.2) is 42.5 Å². The van der Waals surface area contributed by atoms with E-state index in [1.165, 1.54) is 4.31 Å². The SMILES string of the molecule is CCCS(=O)(=O)N1CCc2ccc(NC(=O)Nc3cccc(Cl)c3)cc2C1. The van der Waals surface area contributed by atoms with Gasteiger partial charge in [0, 0.05) is 29.5 Å². The van der Waals surface area contributed by atoms with Crippen LogP contribution in [0.3, 0.4) is 0 Å². The van der Waals surface area contributed by atoms with E-state index in [0.29, 0.717) is 42.3 Å². The minimum Gasteiger partial charge on any atom is -0.308 e. The van der Waals surface area contributed by atoms with Gasteiger partial charge in [-0.05, 0) is 54.3 Å². The number of urea groups is 1. The minimum atomic E-state index is -3.24. The minimum absolute atomic E-state index is 0.155. The van der Waals surface area contributed by atoms with E-state index in [2.05, 4.69) is 10.6 Å². The molecule has 2 amide bonds. The smallest absolute Gasteiger partial charge is 0.308 e. The number of carbonyl (C=O) groups excluding carboxylic acids is 1. The van der Waals surface area contributed by atoms with Gasteiger partial charge in [0.2, 0.25) is 10.0 Å². The maximum atomic E-state index is 12.3. The Balaban J connectivity index is 1.70. The van der Waals surface area contributed by atoms with Crippen molar-refractivity contribution in [3.8, 4) is 0 Å². The Labute approximate surface area is 164 Å². The van der Waals surface area contributed by atoms with Gasteiger partial charge in [0.15, 0.2) is 0 Å². The summed E-state index contributed by atoms with van der Waals surface area (Å²) in [5, 5.41) is 6.03. The Bertz CT molecular complexity index is 947. The lowest BCUT2D eigenvalue weighted by molar-refractivity contribution is 0.262. The molecule has 0 saturated carbocycles. The van der Waals surface area contributed by atoms with Crippen LogP contribution in [0.4, 0.5) is 16.2 Å². The molecule has 0 aromatic heterocycles. The van der Waals surface area contributed by atoms with Gasteiger partial charge in [0.1, 0.15) is 0 Å². The summed E-state index contributed by atoms with van der Waals surface area (Å²) in [5.41, 5.74) is 3.23. The highest BCUT2D eigenvalue weighted by Gasteiger charge is 2.26. The molecule has 1 aliphatic heterocycles. The lowest BCUT2D eigenvalue weighted by Crippen LogP contribution is -2.37. The van der Waals surface area contributed by atoms with Gasteiger partial charge in [-0.3, -0.25) is 0 Å². The van der Waals surface area contributed by atoms with E-state index < -0.39 is 10.0 Å². The molecule has 1 aliphatic rings. The Hall–Kier alpha value is -2.09. The van der Waals surface area contributed by atoms with Crippen LogP contribution >= 0.6 is 11.6 Å². The molecular formula is C19H22ClN3O3S. The van der Waals surface area contributed by atoms with E-state index in [9.17, 15) is 13.2 Å². The lowest BCUT2D eigenvalue weighted by atomic mass is 10.0. The van der Waals surface area contributed by atoms with E-state index in [0.717, 1.165) is 11.1 Å². The van der Waals surface area contributed by atoms with Crippen LogP contribution in [0, 0.1) is 0 Å². The number of amides is 2. The average Bonchev–Trinajstić information content (AvgIpc) is 2.61. The molecule has 2 aromatic carbocycles. The van der Waals surface area contributed by atoms with E-state index in [1.54, 1.807) is 24.3 Å². The van der Waals surface area contributed by atoms with Crippen molar-refractivity contribution in [2.75, 3.05) is 22.9 Å². The number of sulfonamides is 1. The molecule has 0 unspecified atom stereocenters. The molecule has 27 heavy (non-hydrogen) atoms. The summed E-state index contributed by atoms with van der Waals surface area (Å²) >= 11 is 5.92. The van der Waals surface area contributed by atoms with E-state index in [-0.39, 0.29) is 11.8 Å². The van der Waals surface area contributed by atoms with Gasteiger partial charge in [-0.25, -0.2) is 13.2 Å². The van der Waals surface area contributed by atoms with Crippen molar-refractivity contribution in [3.63, 3.8) is 0 Å². The van der Waals surface area contributed by atoms with Crippen molar-refractivity contribution in [1.29, 1.82) is 0 Å². The third-order valence-electron chi connectivity index (χ3n) is 4.38. The third-order valence-corrected chi connectivity index (χ3v) is 6.64. The molecule has 0 saturated heterocycles. The maximum Gasteiger partial charge on any atom is 0.323 e. The number of anilines is 2. The molecule has 0 fully saturated rings. The molecule has 0 radical (unpaired) electrons. The van der Waals surface area contributed by atoms with Gasteiger partial charge < -0.3 is 10.6 Å². The molecule has 144 valence electrons. The predicted molar refractivity (Wildman–Crippen MR) is 109 cm³/mol. The fourth-order valence-electron chi connectivity index (χ4n) is 3.09. The van der Waals surface area contributed by atoms with Crippen LogP contribution in [-0.4, -0.2) is 31.1 Å². The van der Waals surface area contributed by atoms with Crippen molar-refractivity contribution in [3.05, 3.63) is 58.6 Å². The summed E-state index contributed by atoms with van der Waals surface area (Å²) in [6.07, 6.45) is 1.27. The van der Waals surface area contributed by atoms with Crippen LogP contribution < -0.4 is 10.6 Å². The first-order chi connectivity index (χ1) is 12.9. The normalized spacial score (nSPS) is 14.4. The Morgan fingerprint density at radius 3 is 2.56 bits per heavy atom. The lowest BCUT2D eigenvalue weighted by Gasteiger charge is -2.28. The number of nitrogens with one attached hydrogen (secondary N) is 2. The zero-order chi connectivity index (χ0) is 19.4. The van der Waals surface area contributed by atoms with Crippen molar-refractivity contribution in [2.24, 2.45) is 0 Å². The number of hydrogen-bond donors (Lipinski definition) is 2. The molecule has 6 nitrogen and oxygen atoms in total. The second-order valence-electron chi connectivity index (χ2n) is 6.47. The summed E-state index contributed by atoms with van der Waals surface area (Å²) in [7, 11) is -3.24. The molecule has 0 aliphatic carbocycles.